The molecule has 0 aromatic rings. The fraction of sp³-hybridized carbons (Fsp3) is 0.810. The van der Waals surface area contributed by atoms with Gasteiger partial charge in [-0.3, -0.25) is 9.59 Å². The minimum atomic E-state index is -1.12. The second kappa shape index (κ2) is 5.03. The van der Waals surface area contributed by atoms with Gasteiger partial charge in [0.2, 0.25) is 0 Å². The highest BCUT2D eigenvalue weighted by atomic mass is 16.3. The number of fused-ring (bicyclic) bond motifs is 5. The summed E-state index contributed by atoms with van der Waals surface area (Å²) in [5.74, 6) is 1.90. The molecule has 0 bridgehead atoms. The lowest BCUT2D eigenvalue weighted by Crippen LogP contribution is -2.57. The molecule has 0 aromatic heterocycles. The average Bonchev–Trinajstić information content (AvgIpc) is 2.81. The molecule has 3 saturated carbocycles. The van der Waals surface area contributed by atoms with Gasteiger partial charge >= 0.3 is 0 Å². The number of hydrogen-bond donors (Lipinski definition) is 1. The normalized spacial score (nSPS) is 50.6. The summed E-state index contributed by atoms with van der Waals surface area (Å²) >= 11 is 0. The zero-order valence-electron chi connectivity index (χ0n) is 15.2. The Morgan fingerprint density at radius 1 is 1.08 bits per heavy atom. The predicted octanol–water partition coefficient (Wildman–Crippen LogP) is 3.84. The van der Waals surface area contributed by atoms with Crippen LogP contribution >= 0.6 is 0 Å². The maximum atomic E-state index is 12.2. The van der Waals surface area contributed by atoms with E-state index in [4.69, 9.17) is 0 Å². The number of allylic oxidation sites excluding steroid dienone is 1. The summed E-state index contributed by atoms with van der Waals surface area (Å²) < 4.78 is 0. The van der Waals surface area contributed by atoms with Crippen LogP contribution < -0.4 is 0 Å². The van der Waals surface area contributed by atoms with Crippen molar-refractivity contribution >= 4 is 11.6 Å². The average molecular weight is 333 g/mol. The molecule has 3 fully saturated rings. The number of carbonyl (C=O) groups excluding carboxylic acids is 2. The highest BCUT2D eigenvalue weighted by Crippen LogP contribution is 2.67. The highest BCUT2D eigenvalue weighted by Gasteiger charge is 2.65. The van der Waals surface area contributed by atoms with E-state index >= 15 is 0 Å². The van der Waals surface area contributed by atoms with Crippen LogP contribution in [0.1, 0.15) is 72.1 Å². The summed E-state index contributed by atoms with van der Waals surface area (Å²) in [6.45, 7) is 6.10. The molecule has 3 heteroatoms. The van der Waals surface area contributed by atoms with E-state index in [0.29, 0.717) is 36.4 Å². The zero-order valence-corrected chi connectivity index (χ0v) is 15.2. The summed E-state index contributed by atoms with van der Waals surface area (Å²) in [7, 11) is 0. The standard InChI is InChI=1S/C21H30O3/c1-13(22)21(24)11-8-18-16-5-4-14-12-15(23)6-9-19(14,2)17(16)7-10-20(18,21)3/h12,16-18,24H,4-11H2,1-3H3/t16-,17+,18+,19+,20+,21+/m1/s1/i6+1,12+1,15+1. The lowest BCUT2D eigenvalue weighted by Gasteiger charge is -2.58. The van der Waals surface area contributed by atoms with E-state index in [9.17, 15) is 14.7 Å². The van der Waals surface area contributed by atoms with Crippen molar-refractivity contribution in [3.63, 3.8) is 0 Å². The van der Waals surface area contributed by atoms with Gasteiger partial charge in [0.25, 0.3) is 0 Å². The molecule has 132 valence electrons. The maximum absolute atomic E-state index is 12.2. The van der Waals surface area contributed by atoms with Crippen LogP contribution in [0.3, 0.4) is 0 Å². The van der Waals surface area contributed by atoms with Crippen molar-refractivity contribution in [3.8, 4) is 0 Å². The molecule has 0 unspecified atom stereocenters. The van der Waals surface area contributed by atoms with Crippen molar-refractivity contribution in [2.45, 2.75) is 77.7 Å². The molecule has 1 N–H and O–H groups in total. The number of hydrogen-bond acceptors (Lipinski definition) is 3. The van der Waals surface area contributed by atoms with E-state index in [1.165, 1.54) is 5.57 Å². The van der Waals surface area contributed by atoms with Gasteiger partial charge in [0.1, 0.15) is 5.60 Å². The Morgan fingerprint density at radius 3 is 2.50 bits per heavy atom. The summed E-state index contributed by atoms with van der Waals surface area (Å²) in [4.78, 5) is 24.1. The molecule has 0 amide bonds. The van der Waals surface area contributed by atoms with Crippen molar-refractivity contribution in [2.75, 3.05) is 0 Å². The molecular weight excluding hydrogens is 303 g/mol. The molecular formula is C21H30O3. The largest absolute Gasteiger partial charge is 0.382 e. The zero-order chi connectivity index (χ0) is 17.3. The first-order valence-electron chi connectivity index (χ1n) is 9.70. The van der Waals surface area contributed by atoms with Crippen LogP contribution in [0.2, 0.25) is 0 Å². The molecule has 0 spiro atoms. The Hall–Kier alpha value is -0.960. The molecule has 0 heterocycles. The molecule has 0 radical (unpaired) electrons. The van der Waals surface area contributed by atoms with Crippen LogP contribution in [0.15, 0.2) is 11.6 Å². The van der Waals surface area contributed by atoms with Crippen LogP contribution in [-0.2, 0) is 9.59 Å². The summed E-state index contributed by atoms with van der Waals surface area (Å²) in [6.07, 6.45) is 9.37. The fourth-order valence-corrected chi connectivity index (χ4v) is 7.15. The third-order valence-electron chi connectivity index (χ3n) is 8.70. The number of carbonyl (C=O) groups is 2. The van der Waals surface area contributed by atoms with Gasteiger partial charge in [-0.1, -0.05) is 19.4 Å². The van der Waals surface area contributed by atoms with Gasteiger partial charge in [0.15, 0.2) is 11.6 Å². The van der Waals surface area contributed by atoms with E-state index in [1.807, 2.05) is 6.08 Å². The molecule has 0 aliphatic heterocycles. The van der Waals surface area contributed by atoms with Crippen molar-refractivity contribution < 1.29 is 14.7 Å². The van der Waals surface area contributed by atoms with Crippen molar-refractivity contribution in [2.24, 2.45) is 28.6 Å². The topological polar surface area (TPSA) is 54.4 Å². The highest BCUT2D eigenvalue weighted by molar-refractivity contribution is 5.91. The van der Waals surface area contributed by atoms with Crippen LogP contribution in [-0.4, -0.2) is 22.3 Å². The lowest BCUT2D eigenvalue weighted by atomic mass is 9.47. The third kappa shape index (κ3) is 1.88. The first-order chi connectivity index (χ1) is 11.2. The van der Waals surface area contributed by atoms with Crippen LogP contribution in [0.4, 0.5) is 0 Å². The summed E-state index contributed by atoms with van der Waals surface area (Å²) in [5, 5.41) is 11.1. The van der Waals surface area contributed by atoms with Crippen molar-refractivity contribution in [1.29, 1.82) is 0 Å². The number of rotatable bonds is 1. The second-order valence-corrected chi connectivity index (χ2v) is 9.38. The first kappa shape index (κ1) is 16.5. The lowest BCUT2D eigenvalue weighted by molar-refractivity contribution is -0.160. The van der Waals surface area contributed by atoms with Gasteiger partial charge < -0.3 is 5.11 Å². The van der Waals surface area contributed by atoms with Gasteiger partial charge in [-0.2, -0.15) is 0 Å². The molecule has 3 nitrogen and oxygen atoms in total. The molecule has 24 heavy (non-hydrogen) atoms. The van der Waals surface area contributed by atoms with Crippen molar-refractivity contribution in [3.05, 3.63) is 11.6 Å². The Bertz CT molecular complexity index is 635. The summed E-state index contributed by atoms with van der Waals surface area (Å²) in [5.41, 5.74) is 0.155. The molecule has 0 aromatic carbocycles. The predicted molar refractivity (Wildman–Crippen MR) is 92.3 cm³/mol. The van der Waals surface area contributed by atoms with Gasteiger partial charge in [0, 0.05) is 11.8 Å². The molecule has 6 atom stereocenters. The van der Waals surface area contributed by atoms with E-state index < -0.39 is 5.60 Å². The smallest absolute Gasteiger partial charge is 0.161 e. The maximum Gasteiger partial charge on any atom is 0.161 e. The third-order valence-corrected chi connectivity index (χ3v) is 8.70. The Morgan fingerprint density at radius 2 is 1.79 bits per heavy atom. The molecule has 0 saturated heterocycles. The van der Waals surface area contributed by atoms with Crippen molar-refractivity contribution in [1.82, 2.24) is 0 Å². The SMILES string of the molecule is CC(=O)[C@@]1(O)CC[C@H]2[C@@H]3CCC4=[13CH][13C](=O)[13CH2]C[C@]4(C)[C@H]3CC[C@@]21C. The van der Waals surface area contributed by atoms with E-state index in [1.54, 1.807) is 6.92 Å². The van der Waals surface area contributed by atoms with E-state index in [-0.39, 0.29) is 16.6 Å². The quantitative estimate of drug-likeness (QED) is 0.742. The van der Waals surface area contributed by atoms with Crippen LogP contribution in [0.25, 0.3) is 0 Å². The van der Waals surface area contributed by atoms with E-state index in [0.717, 1.165) is 38.5 Å². The Labute approximate surface area is 144 Å². The molecule has 4 rings (SSSR count). The number of aliphatic hydroxyl groups is 1. The number of Topliss-reactive ketones (excluding diaryl/α,β-unsaturated/α-hetero) is 1. The first-order valence-corrected chi connectivity index (χ1v) is 9.70. The van der Waals surface area contributed by atoms with Crippen LogP contribution in [0, 0.1) is 28.6 Å². The van der Waals surface area contributed by atoms with Gasteiger partial charge in [-0.25, -0.2) is 0 Å². The van der Waals surface area contributed by atoms with Gasteiger partial charge in [-0.05, 0) is 81.1 Å². The minimum absolute atomic E-state index is 0.0446. The Balaban J connectivity index is 1.70. The molecule has 4 aliphatic carbocycles. The number of ketones is 2. The second-order valence-electron chi connectivity index (χ2n) is 9.38. The van der Waals surface area contributed by atoms with E-state index in [2.05, 4.69) is 13.8 Å². The fourth-order valence-electron chi connectivity index (χ4n) is 7.15. The molecule has 4 aliphatic rings. The van der Waals surface area contributed by atoms with Crippen LogP contribution in [0.5, 0.6) is 0 Å². The Kier molecular flexibility index (Phi) is 3.46. The van der Waals surface area contributed by atoms with Gasteiger partial charge in [-0.15, -0.1) is 0 Å². The monoisotopic (exact) mass is 333 g/mol. The minimum Gasteiger partial charge on any atom is -0.382 e. The van der Waals surface area contributed by atoms with Gasteiger partial charge in [0.05, 0.1) is 0 Å². The summed E-state index contributed by atoms with van der Waals surface area (Å²) in [6, 6.07) is 0.